The molecule has 5 heteroatoms. The highest BCUT2D eigenvalue weighted by Gasteiger charge is 2.18. The third-order valence-electron chi connectivity index (χ3n) is 2.30. The van der Waals surface area contributed by atoms with Gasteiger partial charge in [0.15, 0.2) is 0 Å². The van der Waals surface area contributed by atoms with E-state index in [1.165, 1.54) is 7.11 Å². The van der Waals surface area contributed by atoms with Gasteiger partial charge in [-0.15, -0.1) is 0 Å². The fourth-order valence-corrected chi connectivity index (χ4v) is 1.58. The Kier molecular flexibility index (Phi) is 4.53. The van der Waals surface area contributed by atoms with Gasteiger partial charge in [-0.2, -0.15) is 0 Å². The molecule has 1 amide bonds. The first kappa shape index (κ1) is 15.0. The van der Waals surface area contributed by atoms with E-state index in [0.29, 0.717) is 17.0 Å². The Morgan fingerprint density at radius 3 is 2.42 bits per heavy atom. The number of aryl methyl sites for hydroxylation is 1. The van der Waals surface area contributed by atoms with Gasteiger partial charge in [0.1, 0.15) is 17.6 Å². The minimum atomic E-state index is -0.575. The molecule has 0 aliphatic rings. The first-order valence-corrected chi connectivity index (χ1v) is 5.90. The zero-order chi connectivity index (χ0) is 14.6. The Morgan fingerprint density at radius 2 is 1.95 bits per heavy atom. The predicted octanol–water partition coefficient (Wildman–Crippen LogP) is 3.16. The van der Waals surface area contributed by atoms with Crippen LogP contribution in [0.2, 0.25) is 0 Å². The molecule has 0 heterocycles. The lowest BCUT2D eigenvalue weighted by molar-refractivity contribution is 0.0635. The Bertz CT molecular complexity index is 489. The van der Waals surface area contributed by atoms with E-state index < -0.39 is 11.7 Å². The molecule has 0 atom stereocenters. The van der Waals surface area contributed by atoms with Crippen LogP contribution in [0.3, 0.4) is 0 Å². The number of amides is 1. The molecule has 0 spiro atoms. The highest BCUT2D eigenvalue weighted by Crippen LogP contribution is 2.29. The average molecular weight is 265 g/mol. The number of carbonyl (C=O) groups excluding carboxylic acids is 2. The molecule has 0 saturated heterocycles. The van der Waals surface area contributed by atoms with Crippen molar-refractivity contribution >= 4 is 18.1 Å². The van der Waals surface area contributed by atoms with E-state index in [1.54, 1.807) is 39.8 Å². The molecule has 0 aliphatic heterocycles. The second-order valence-corrected chi connectivity index (χ2v) is 5.16. The summed E-state index contributed by atoms with van der Waals surface area (Å²) >= 11 is 0. The molecule has 0 aliphatic carbocycles. The molecule has 104 valence electrons. The molecular weight excluding hydrogens is 246 g/mol. The second kappa shape index (κ2) is 5.73. The molecule has 1 aromatic carbocycles. The van der Waals surface area contributed by atoms with Gasteiger partial charge in [-0.05, 0) is 45.4 Å². The molecule has 1 aromatic rings. The fraction of sp³-hybridized carbons (Fsp3) is 0.429. The van der Waals surface area contributed by atoms with E-state index in [-0.39, 0.29) is 0 Å². The van der Waals surface area contributed by atoms with Crippen molar-refractivity contribution in [2.45, 2.75) is 33.3 Å². The molecule has 1 rings (SSSR count). The number of benzene rings is 1. The lowest BCUT2D eigenvalue weighted by Gasteiger charge is -2.21. The maximum absolute atomic E-state index is 11.7. The van der Waals surface area contributed by atoms with Crippen molar-refractivity contribution < 1.29 is 19.1 Å². The molecule has 1 N–H and O–H groups in total. The summed E-state index contributed by atoms with van der Waals surface area (Å²) in [5.74, 6) is 0.424. The zero-order valence-electron chi connectivity index (χ0n) is 11.9. The molecular formula is C14H19NO4. The lowest BCUT2D eigenvalue weighted by Crippen LogP contribution is -2.27. The van der Waals surface area contributed by atoms with E-state index in [4.69, 9.17) is 9.47 Å². The average Bonchev–Trinajstić information content (AvgIpc) is 2.29. The normalized spacial score (nSPS) is 10.8. The van der Waals surface area contributed by atoms with Gasteiger partial charge < -0.3 is 9.47 Å². The fourth-order valence-electron chi connectivity index (χ4n) is 1.58. The molecule has 0 fully saturated rings. The summed E-state index contributed by atoms with van der Waals surface area (Å²) in [4.78, 5) is 22.5. The van der Waals surface area contributed by atoms with Gasteiger partial charge in [0.25, 0.3) is 0 Å². The Hall–Kier alpha value is -2.04. The van der Waals surface area contributed by atoms with Gasteiger partial charge in [-0.25, -0.2) is 4.79 Å². The lowest BCUT2D eigenvalue weighted by atomic mass is 10.1. The Balaban J connectivity index is 3.00. The number of carbonyl (C=O) groups is 2. The van der Waals surface area contributed by atoms with Crippen LogP contribution >= 0.6 is 0 Å². The Morgan fingerprint density at radius 1 is 1.32 bits per heavy atom. The number of nitrogens with one attached hydrogen (secondary N) is 1. The number of hydrogen-bond acceptors (Lipinski definition) is 4. The predicted molar refractivity (Wildman–Crippen MR) is 73.0 cm³/mol. The van der Waals surface area contributed by atoms with Crippen molar-refractivity contribution in [3.63, 3.8) is 0 Å². The van der Waals surface area contributed by atoms with Crippen molar-refractivity contribution in [1.82, 2.24) is 0 Å². The first-order valence-electron chi connectivity index (χ1n) is 5.90. The van der Waals surface area contributed by atoms with Crippen LogP contribution < -0.4 is 10.1 Å². The molecule has 0 aromatic heterocycles. The summed E-state index contributed by atoms with van der Waals surface area (Å²) in [6, 6.07) is 3.23. The highest BCUT2D eigenvalue weighted by atomic mass is 16.6. The van der Waals surface area contributed by atoms with Crippen LogP contribution in [0.5, 0.6) is 5.75 Å². The van der Waals surface area contributed by atoms with Gasteiger partial charge in [-0.3, -0.25) is 10.1 Å². The summed E-state index contributed by atoms with van der Waals surface area (Å²) < 4.78 is 10.3. The molecule has 19 heavy (non-hydrogen) atoms. The van der Waals surface area contributed by atoms with Crippen molar-refractivity contribution in [2.75, 3.05) is 12.4 Å². The number of anilines is 1. The van der Waals surface area contributed by atoms with E-state index >= 15 is 0 Å². The summed E-state index contributed by atoms with van der Waals surface area (Å²) in [5.41, 5.74) is 1.15. The second-order valence-electron chi connectivity index (χ2n) is 5.16. The molecule has 0 unspecified atom stereocenters. The third kappa shape index (κ3) is 4.28. The van der Waals surface area contributed by atoms with E-state index in [1.807, 2.05) is 0 Å². The number of hydrogen-bond donors (Lipinski definition) is 1. The van der Waals surface area contributed by atoms with Crippen LogP contribution in [0.4, 0.5) is 10.5 Å². The maximum atomic E-state index is 11.7. The number of ether oxygens (including phenoxy) is 2. The van der Waals surface area contributed by atoms with Crippen molar-refractivity contribution in [2.24, 2.45) is 0 Å². The summed E-state index contributed by atoms with van der Waals surface area (Å²) in [6.45, 7) is 7.13. The van der Waals surface area contributed by atoms with Crippen LogP contribution in [0.25, 0.3) is 0 Å². The zero-order valence-corrected chi connectivity index (χ0v) is 11.9. The van der Waals surface area contributed by atoms with Gasteiger partial charge >= 0.3 is 6.09 Å². The van der Waals surface area contributed by atoms with Crippen LogP contribution in [0.15, 0.2) is 12.1 Å². The molecule has 0 bridgehead atoms. The summed E-state index contributed by atoms with van der Waals surface area (Å²) in [6.07, 6.45) is 0.167. The SMILES string of the molecule is COc1cc(C=O)cc(C)c1NC(=O)OC(C)(C)C. The standard InChI is InChI=1S/C14H19NO4/c1-9-6-10(8-16)7-11(18-5)12(9)15-13(17)19-14(2,3)4/h6-8H,1-5H3,(H,15,17). The van der Waals surface area contributed by atoms with Crippen molar-refractivity contribution in [1.29, 1.82) is 0 Å². The topological polar surface area (TPSA) is 64.6 Å². The summed E-state index contributed by atoms with van der Waals surface area (Å²) in [7, 11) is 1.48. The number of rotatable bonds is 3. The molecule has 5 nitrogen and oxygen atoms in total. The van der Waals surface area contributed by atoms with Gasteiger partial charge in [0.2, 0.25) is 0 Å². The van der Waals surface area contributed by atoms with Crippen LogP contribution in [-0.4, -0.2) is 25.1 Å². The number of methoxy groups -OCH3 is 1. The van der Waals surface area contributed by atoms with Gasteiger partial charge in [-0.1, -0.05) is 0 Å². The maximum Gasteiger partial charge on any atom is 0.412 e. The van der Waals surface area contributed by atoms with Crippen molar-refractivity contribution in [3.8, 4) is 5.75 Å². The van der Waals surface area contributed by atoms with Crippen molar-refractivity contribution in [3.05, 3.63) is 23.3 Å². The minimum absolute atomic E-state index is 0.424. The van der Waals surface area contributed by atoms with Gasteiger partial charge in [0.05, 0.1) is 12.8 Å². The summed E-state index contributed by atoms with van der Waals surface area (Å²) in [5, 5.41) is 2.64. The quantitative estimate of drug-likeness (QED) is 0.852. The van der Waals surface area contributed by atoms with Crippen LogP contribution in [-0.2, 0) is 4.74 Å². The number of aldehydes is 1. The smallest absolute Gasteiger partial charge is 0.412 e. The van der Waals surface area contributed by atoms with Crippen LogP contribution in [0, 0.1) is 6.92 Å². The van der Waals surface area contributed by atoms with Crippen LogP contribution in [0.1, 0.15) is 36.7 Å². The van der Waals surface area contributed by atoms with Gasteiger partial charge in [0, 0.05) is 5.56 Å². The first-order chi connectivity index (χ1) is 8.76. The van der Waals surface area contributed by atoms with E-state index in [2.05, 4.69) is 5.32 Å². The minimum Gasteiger partial charge on any atom is -0.495 e. The van der Waals surface area contributed by atoms with E-state index in [0.717, 1.165) is 11.8 Å². The monoisotopic (exact) mass is 265 g/mol. The Labute approximate surface area is 112 Å². The highest BCUT2D eigenvalue weighted by molar-refractivity contribution is 5.90. The molecule has 0 saturated carbocycles. The van der Waals surface area contributed by atoms with E-state index in [9.17, 15) is 9.59 Å². The third-order valence-corrected chi connectivity index (χ3v) is 2.30. The largest absolute Gasteiger partial charge is 0.495 e. The molecule has 0 radical (unpaired) electrons.